The summed E-state index contributed by atoms with van der Waals surface area (Å²) < 4.78 is 0. The number of aromatic nitrogens is 2. The molecule has 0 aromatic carbocycles. The fraction of sp³-hybridized carbons (Fsp3) is 0.786. The molecule has 0 amide bonds. The minimum atomic E-state index is 0.635. The molecule has 96 valence electrons. The Morgan fingerprint density at radius 3 is 2.53 bits per heavy atom. The Balaban J connectivity index is 2.14. The number of nitrogens with two attached hydrogens (primary N) is 1. The van der Waals surface area contributed by atoms with Crippen LogP contribution < -0.4 is 5.73 Å². The molecule has 0 spiro atoms. The van der Waals surface area contributed by atoms with Crippen molar-refractivity contribution in [1.82, 2.24) is 10.2 Å². The minimum Gasteiger partial charge on any atom is -0.382 e. The molecular formula is C14H25N3. The van der Waals surface area contributed by atoms with E-state index in [0.29, 0.717) is 17.7 Å². The lowest BCUT2D eigenvalue weighted by atomic mass is 9.80. The molecule has 0 atom stereocenters. The van der Waals surface area contributed by atoms with E-state index >= 15 is 0 Å². The van der Waals surface area contributed by atoms with Crippen LogP contribution in [0.3, 0.4) is 0 Å². The molecule has 1 aromatic heterocycles. The van der Waals surface area contributed by atoms with Crippen LogP contribution in [-0.2, 0) is 6.42 Å². The van der Waals surface area contributed by atoms with E-state index in [4.69, 9.17) is 5.73 Å². The van der Waals surface area contributed by atoms with Crippen LogP contribution in [0.1, 0.15) is 63.6 Å². The molecule has 1 heterocycles. The van der Waals surface area contributed by atoms with Crippen molar-refractivity contribution in [2.45, 2.75) is 58.8 Å². The van der Waals surface area contributed by atoms with Crippen molar-refractivity contribution < 1.29 is 0 Å². The largest absolute Gasteiger partial charge is 0.382 e. The van der Waals surface area contributed by atoms with E-state index in [0.717, 1.165) is 12.3 Å². The van der Waals surface area contributed by atoms with Crippen LogP contribution in [0.5, 0.6) is 0 Å². The summed E-state index contributed by atoms with van der Waals surface area (Å²) in [7, 11) is 0. The summed E-state index contributed by atoms with van der Waals surface area (Å²) in [6, 6.07) is 0. The smallest absolute Gasteiger partial charge is 0.148 e. The maximum Gasteiger partial charge on any atom is 0.148 e. The predicted molar refractivity (Wildman–Crippen MR) is 71.9 cm³/mol. The lowest BCUT2D eigenvalue weighted by Crippen LogP contribution is -2.13. The van der Waals surface area contributed by atoms with E-state index in [-0.39, 0.29) is 0 Å². The van der Waals surface area contributed by atoms with Gasteiger partial charge in [0, 0.05) is 17.2 Å². The zero-order valence-corrected chi connectivity index (χ0v) is 11.3. The normalized spacial score (nSPS) is 25.4. The van der Waals surface area contributed by atoms with E-state index in [9.17, 15) is 0 Å². The first-order valence-corrected chi connectivity index (χ1v) is 6.90. The summed E-state index contributed by atoms with van der Waals surface area (Å²) in [6.07, 6.45) is 6.29. The zero-order chi connectivity index (χ0) is 12.4. The summed E-state index contributed by atoms with van der Waals surface area (Å²) in [5.74, 6) is 2.90. The Kier molecular flexibility index (Phi) is 3.75. The summed E-state index contributed by atoms with van der Waals surface area (Å²) >= 11 is 0. The molecule has 0 aliphatic heterocycles. The standard InChI is InChI=1S/C14H25N3/c1-9(2)8-12-13(16-17-14(12)15)11-6-4-10(3)5-7-11/h9-11H,4-8H2,1-3H3,(H3,15,16,17). The summed E-state index contributed by atoms with van der Waals surface area (Å²) in [6.45, 7) is 6.82. The second-order valence-corrected chi connectivity index (χ2v) is 6.06. The second kappa shape index (κ2) is 5.11. The molecule has 1 fully saturated rings. The van der Waals surface area contributed by atoms with Gasteiger partial charge in [-0.3, -0.25) is 5.10 Å². The molecule has 0 bridgehead atoms. The Morgan fingerprint density at radius 2 is 1.94 bits per heavy atom. The molecule has 17 heavy (non-hydrogen) atoms. The highest BCUT2D eigenvalue weighted by molar-refractivity contribution is 5.43. The van der Waals surface area contributed by atoms with Gasteiger partial charge in [-0.1, -0.05) is 33.6 Å². The highest BCUT2D eigenvalue weighted by Crippen LogP contribution is 2.37. The Hall–Kier alpha value is -0.990. The van der Waals surface area contributed by atoms with Gasteiger partial charge in [0.1, 0.15) is 5.82 Å². The van der Waals surface area contributed by atoms with Gasteiger partial charge in [-0.25, -0.2) is 0 Å². The lowest BCUT2D eigenvalue weighted by Gasteiger charge is -2.26. The Morgan fingerprint density at radius 1 is 1.29 bits per heavy atom. The third-order valence-electron chi connectivity index (χ3n) is 3.97. The number of hydrogen-bond donors (Lipinski definition) is 2. The highest BCUT2D eigenvalue weighted by atomic mass is 15.2. The molecule has 3 heteroatoms. The molecular weight excluding hydrogens is 210 g/mol. The van der Waals surface area contributed by atoms with Crippen LogP contribution in [0, 0.1) is 11.8 Å². The number of nitrogens with one attached hydrogen (secondary N) is 1. The van der Waals surface area contributed by atoms with Gasteiger partial charge in [-0.15, -0.1) is 0 Å². The van der Waals surface area contributed by atoms with Gasteiger partial charge in [-0.2, -0.15) is 5.10 Å². The Labute approximate surface area is 104 Å². The van der Waals surface area contributed by atoms with Crippen molar-refractivity contribution in [2.75, 3.05) is 5.73 Å². The average molecular weight is 235 g/mol. The number of nitrogens with zero attached hydrogens (tertiary/aromatic N) is 1. The molecule has 1 aromatic rings. The van der Waals surface area contributed by atoms with E-state index in [1.165, 1.54) is 36.9 Å². The van der Waals surface area contributed by atoms with Gasteiger partial charge in [0.2, 0.25) is 0 Å². The second-order valence-electron chi connectivity index (χ2n) is 6.06. The van der Waals surface area contributed by atoms with Crippen LogP contribution in [0.25, 0.3) is 0 Å². The van der Waals surface area contributed by atoms with Crippen molar-refractivity contribution in [3.05, 3.63) is 11.3 Å². The number of nitrogen functional groups attached to an aromatic ring is 1. The van der Waals surface area contributed by atoms with Crippen molar-refractivity contribution in [3.8, 4) is 0 Å². The first-order valence-electron chi connectivity index (χ1n) is 6.90. The molecule has 1 saturated carbocycles. The quantitative estimate of drug-likeness (QED) is 0.842. The van der Waals surface area contributed by atoms with Crippen LogP contribution in [0.2, 0.25) is 0 Å². The maximum atomic E-state index is 5.98. The highest BCUT2D eigenvalue weighted by Gasteiger charge is 2.24. The summed E-state index contributed by atoms with van der Waals surface area (Å²) in [4.78, 5) is 0. The summed E-state index contributed by atoms with van der Waals surface area (Å²) in [5.41, 5.74) is 8.58. The fourth-order valence-corrected chi connectivity index (χ4v) is 2.90. The molecule has 1 aliphatic rings. The van der Waals surface area contributed by atoms with Crippen molar-refractivity contribution >= 4 is 5.82 Å². The molecule has 0 radical (unpaired) electrons. The van der Waals surface area contributed by atoms with Crippen LogP contribution in [0.15, 0.2) is 0 Å². The average Bonchev–Trinajstić information content (AvgIpc) is 2.61. The fourth-order valence-electron chi connectivity index (χ4n) is 2.90. The number of H-pyrrole nitrogens is 1. The number of aromatic amines is 1. The van der Waals surface area contributed by atoms with E-state index < -0.39 is 0 Å². The van der Waals surface area contributed by atoms with Crippen molar-refractivity contribution in [3.63, 3.8) is 0 Å². The number of hydrogen-bond acceptors (Lipinski definition) is 2. The van der Waals surface area contributed by atoms with Crippen molar-refractivity contribution in [2.24, 2.45) is 11.8 Å². The molecule has 1 aliphatic carbocycles. The molecule has 2 rings (SSSR count). The van der Waals surface area contributed by atoms with Gasteiger partial charge < -0.3 is 5.73 Å². The van der Waals surface area contributed by atoms with Crippen LogP contribution in [-0.4, -0.2) is 10.2 Å². The molecule has 3 N–H and O–H groups in total. The van der Waals surface area contributed by atoms with Crippen LogP contribution in [0.4, 0.5) is 5.82 Å². The predicted octanol–water partition coefficient (Wildman–Crippen LogP) is 3.48. The molecule has 3 nitrogen and oxygen atoms in total. The molecule has 0 unspecified atom stereocenters. The minimum absolute atomic E-state index is 0.635. The zero-order valence-electron chi connectivity index (χ0n) is 11.3. The van der Waals surface area contributed by atoms with Crippen molar-refractivity contribution in [1.29, 1.82) is 0 Å². The SMILES string of the molecule is CC(C)Cc1c(N)n[nH]c1C1CCC(C)CC1. The monoisotopic (exact) mass is 235 g/mol. The topological polar surface area (TPSA) is 54.7 Å². The number of rotatable bonds is 3. The lowest BCUT2D eigenvalue weighted by molar-refractivity contribution is 0.342. The van der Waals surface area contributed by atoms with Gasteiger partial charge in [-0.05, 0) is 31.1 Å². The van der Waals surface area contributed by atoms with Crippen LogP contribution >= 0.6 is 0 Å². The van der Waals surface area contributed by atoms with E-state index in [1.807, 2.05) is 0 Å². The van der Waals surface area contributed by atoms with Gasteiger partial charge in [0.05, 0.1) is 0 Å². The van der Waals surface area contributed by atoms with Gasteiger partial charge >= 0.3 is 0 Å². The van der Waals surface area contributed by atoms with E-state index in [1.54, 1.807) is 0 Å². The first-order chi connectivity index (χ1) is 8.08. The summed E-state index contributed by atoms with van der Waals surface area (Å²) in [5, 5.41) is 7.41. The first kappa shape index (κ1) is 12.5. The third kappa shape index (κ3) is 2.82. The maximum absolute atomic E-state index is 5.98. The van der Waals surface area contributed by atoms with Gasteiger partial charge in [0.15, 0.2) is 0 Å². The molecule has 0 saturated heterocycles. The number of anilines is 1. The third-order valence-corrected chi connectivity index (χ3v) is 3.97. The van der Waals surface area contributed by atoms with E-state index in [2.05, 4.69) is 31.0 Å². The van der Waals surface area contributed by atoms with Gasteiger partial charge in [0.25, 0.3) is 0 Å². The Bertz CT molecular complexity index is 360.